The van der Waals surface area contributed by atoms with Gasteiger partial charge in [-0.2, -0.15) is 23.3 Å². The van der Waals surface area contributed by atoms with Crippen LogP contribution in [0.2, 0.25) is 0 Å². The van der Waals surface area contributed by atoms with Crippen molar-refractivity contribution in [1.29, 1.82) is 0 Å². The number of esters is 1. The highest BCUT2D eigenvalue weighted by Crippen LogP contribution is 2.38. The molecule has 0 aliphatic heterocycles. The van der Waals surface area contributed by atoms with E-state index < -0.39 is 17.8 Å². The van der Waals surface area contributed by atoms with E-state index in [1.165, 1.54) is 19.2 Å². The minimum atomic E-state index is -4.73. The van der Waals surface area contributed by atoms with Crippen LogP contribution in [0.1, 0.15) is 27.4 Å². The smallest absolute Gasteiger partial charge is 0.434 e. The van der Waals surface area contributed by atoms with Crippen LogP contribution in [-0.2, 0) is 17.5 Å². The normalized spacial score (nSPS) is 11.4. The van der Waals surface area contributed by atoms with Gasteiger partial charge in [0.1, 0.15) is 5.75 Å². The van der Waals surface area contributed by atoms with Crippen LogP contribution in [0.25, 0.3) is 17.1 Å². The molecule has 0 aliphatic rings. The summed E-state index contributed by atoms with van der Waals surface area (Å²) >= 11 is 0. The van der Waals surface area contributed by atoms with Gasteiger partial charge in [0, 0.05) is 0 Å². The van der Waals surface area contributed by atoms with Gasteiger partial charge in [0.25, 0.3) is 5.89 Å². The number of rotatable bonds is 6. The fourth-order valence-electron chi connectivity index (χ4n) is 3.13. The number of benzene rings is 2. The first-order valence-electron chi connectivity index (χ1n) is 9.62. The Morgan fingerprint density at radius 2 is 1.94 bits per heavy atom. The first kappa shape index (κ1) is 22.1. The number of hydrogen-bond acceptors (Lipinski definition) is 7. The first-order valence-corrected chi connectivity index (χ1v) is 9.62. The number of alkyl halides is 3. The standard InChI is InChI=1S/C22H17F3N4O4/c1-13-5-3-7-15(9-13)29-19(22(23,24)25)17(11-26-29)20-27-18(28-33-20)12-32-16-8-4-6-14(10-16)21(30)31-2/h3-11H,12H2,1-2H3. The van der Waals surface area contributed by atoms with E-state index in [4.69, 9.17) is 9.26 Å². The zero-order valence-corrected chi connectivity index (χ0v) is 17.5. The van der Waals surface area contributed by atoms with Gasteiger partial charge in [0.15, 0.2) is 12.3 Å². The molecule has 2 heterocycles. The maximum absolute atomic E-state index is 13.9. The fraction of sp³-hybridized carbons (Fsp3) is 0.182. The third-order valence-electron chi connectivity index (χ3n) is 4.61. The van der Waals surface area contributed by atoms with E-state index in [-0.39, 0.29) is 35.1 Å². The summed E-state index contributed by atoms with van der Waals surface area (Å²) in [4.78, 5) is 15.6. The summed E-state index contributed by atoms with van der Waals surface area (Å²) in [6.07, 6.45) is -3.70. The van der Waals surface area contributed by atoms with Crippen molar-refractivity contribution in [2.24, 2.45) is 0 Å². The minimum Gasteiger partial charge on any atom is -0.485 e. The van der Waals surface area contributed by atoms with E-state index in [2.05, 4.69) is 20.0 Å². The Morgan fingerprint density at radius 3 is 2.67 bits per heavy atom. The molecule has 0 fully saturated rings. The lowest BCUT2D eigenvalue weighted by Crippen LogP contribution is -2.14. The van der Waals surface area contributed by atoms with Crippen molar-refractivity contribution in [3.63, 3.8) is 0 Å². The molecule has 0 N–H and O–H groups in total. The van der Waals surface area contributed by atoms with E-state index in [0.717, 1.165) is 16.4 Å². The van der Waals surface area contributed by atoms with Crippen LogP contribution in [0.3, 0.4) is 0 Å². The summed E-state index contributed by atoms with van der Waals surface area (Å²) in [6, 6.07) is 12.7. The Labute approximate surface area is 185 Å². The monoisotopic (exact) mass is 458 g/mol. The number of ether oxygens (including phenoxy) is 2. The van der Waals surface area contributed by atoms with Crippen LogP contribution < -0.4 is 4.74 Å². The number of aromatic nitrogens is 4. The summed E-state index contributed by atoms with van der Waals surface area (Å²) in [5.74, 6) is -0.534. The molecule has 8 nitrogen and oxygen atoms in total. The topological polar surface area (TPSA) is 92.3 Å². The molecule has 2 aromatic heterocycles. The van der Waals surface area contributed by atoms with Crippen molar-refractivity contribution in [3.05, 3.63) is 77.4 Å². The van der Waals surface area contributed by atoms with Gasteiger partial charge in [0.05, 0.1) is 30.1 Å². The van der Waals surface area contributed by atoms with Gasteiger partial charge >= 0.3 is 12.1 Å². The summed E-state index contributed by atoms with van der Waals surface area (Å²) < 4.78 is 57.8. The molecule has 33 heavy (non-hydrogen) atoms. The lowest BCUT2D eigenvalue weighted by molar-refractivity contribution is -0.142. The molecule has 0 spiro atoms. The highest BCUT2D eigenvalue weighted by atomic mass is 19.4. The molecule has 0 saturated heterocycles. The van der Waals surface area contributed by atoms with Crippen molar-refractivity contribution < 1.29 is 32.0 Å². The Morgan fingerprint density at radius 1 is 1.15 bits per heavy atom. The van der Waals surface area contributed by atoms with Gasteiger partial charge < -0.3 is 14.0 Å². The van der Waals surface area contributed by atoms with Crippen molar-refractivity contribution in [3.8, 4) is 22.9 Å². The average molecular weight is 458 g/mol. The van der Waals surface area contributed by atoms with Gasteiger partial charge in [-0.25, -0.2) is 9.48 Å². The van der Waals surface area contributed by atoms with Crippen molar-refractivity contribution >= 4 is 5.97 Å². The molecular formula is C22H17F3N4O4. The average Bonchev–Trinajstić information content (AvgIpc) is 3.44. The lowest BCUT2D eigenvalue weighted by atomic mass is 10.2. The number of carbonyl (C=O) groups excluding carboxylic acids is 1. The Hall–Kier alpha value is -4.15. The first-order chi connectivity index (χ1) is 15.8. The molecule has 0 unspecified atom stereocenters. The zero-order valence-electron chi connectivity index (χ0n) is 17.5. The zero-order chi connectivity index (χ0) is 23.6. The van der Waals surface area contributed by atoms with Crippen LogP contribution in [0, 0.1) is 6.92 Å². The lowest BCUT2D eigenvalue weighted by Gasteiger charge is -2.12. The van der Waals surface area contributed by atoms with Crippen LogP contribution in [0.15, 0.2) is 59.3 Å². The number of halogens is 3. The predicted octanol–water partition coefficient (Wildman–Crippen LogP) is 4.62. The van der Waals surface area contributed by atoms with Crippen molar-refractivity contribution in [2.75, 3.05) is 7.11 Å². The number of nitrogens with zero attached hydrogens (tertiary/aromatic N) is 4. The minimum absolute atomic E-state index is 0.0184. The second kappa shape index (κ2) is 8.77. The molecule has 0 bridgehead atoms. The van der Waals surface area contributed by atoms with Crippen molar-refractivity contribution in [2.45, 2.75) is 19.7 Å². The molecular weight excluding hydrogens is 441 g/mol. The molecule has 0 aliphatic carbocycles. The molecule has 11 heteroatoms. The predicted molar refractivity (Wildman–Crippen MR) is 109 cm³/mol. The van der Waals surface area contributed by atoms with Crippen molar-refractivity contribution in [1.82, 2.24) is 19.9 Å². The van der Waals surface area contributed by atoms with E-state index in [1.54, 1.807) is 43.3 Å². The Kier molecular flexibility index (Phi) is 5.86. The summed E-state index contributed by atoms with van der Waals surface area (Å²) in [5, 5.41) is 7.59. The van der Waals surface area contributed by atoms with Gasteiger partial charge in [-0.05, 0) is 42.8 Å². The summed E-state index contributed by atoms with van der Waals surface area (Å²) in [6.45, 7) is 1.58. The highest BCUT2D eigenvalue weighted by Gasteiger charge is 2.40. The second-order valence-electron chi connectivity index (χ2n) is 6.98. The molecule has 0 saturated carbocycles. The Bertz CT molecular complexity index is 1300. The Balaban J connectivity index is 1.59. The van der Waals surface area contributed by atoms with Gasteiger partial charge in [0.2, 0.25) is 5.82 Å². The highest BCUT2D eigenvalue weighted by molar-refractivity contribution is 5.89. The molecule has 4 aromatic rings. The number of hydrogen-bond donors (Lipinski definition) is 0. The maximum atomic E-state index is 13.9. The fourth-order valence-corrected chi connectivity index (χ4v) is 3.13. The quantitative estimate of drug-likeness (QED) is 0.390. The SMILES string of the molecule is COC(=O)c1cccc(OCc2noc(-c3cnn(-c4cccc(C)c4)c3C(F)(F)F)n2)c1. The molecule has 0 atom stereocenters. The largest absolute Gasteiger partial charge is 0.485 e. The van der Waals surface area contributed by atoms with E-state index in [0.29, 0.717) is 5.75 Å². The number of aryl methyl sites for hydroxylation is 1. The summed E-state index contributed by atoms with van der Waals surface area (Å²) in [5.41, 5.74) is -0.0686. The number of methoxy groups -OCH3 is 1. The molecule has 0 amide bonds. The van der Waals surface area contributed by atoms with E-state index in [9.17, 15) is 18.0 Å². The van der Waals surface area contributed by atoms with Crippen LogP contribution in [0.5, 0.6) is 5.75 Å². The molecule has 0 radical (unpaired) electrons. The van der Waals surface area contributed by atoms with Gasteiger partial charge in [-0.1, -0.05) is 23.4 Å². The van der Waals surface area contributed by atoms with E-state index in [1.807, 2.05) is 0 Å². The molecule has 2 aromatic carbocycles. The summed E-state index contributed by atoms with van der Waals surface area (Å²) in [7, 11) is 1.26. The molecule has 170 valence electrons. The van der Waals surface area contributed by atoms with Crippen LogP contribution in [-0.4, -0.2) is 33.0 Å². The maximum Gasteiger partial charge on any atom is 0.434 e. The second-order valence-corrected chi connectivity index (χ2v) is 6.98. The van der Waals surface area contributed by atoms with Gasteiger partial charge in [-0.3, -0.25) is 0 Å². The van der Waals surface area contributed by atoms with E-state index >= 15 is 0 Å². The van der Waals surface area contributed by atoms with Gasteiger partial charge in [-0.15, -0.1) is 0 Å². The van der Waals surface area contributed by atoms with Crippen LogP contribution in [0.4, 0.5) is 13.2 Å². The third kappa shape index (κ3) is 4.71. The van der Waals surface area contributed by atoms with Crippen LogP contribution >= 0.6 is 0 Å². The third-order valence-corrected chi connectivity index (χ3v) is 4.61. The number of carbonyl (C=O) groups is 1. The molecule has 4 rings (SSSR count).